The molecule has 3 rings (SSSR count). The number of nitrogens with zero attached hydrogens (tertiary/aromatic N) is 1. The van der Waals surface area contributed by atoms with Crippen LogP contribution in [0.3, 0.4) is 0 Å². The predicted molar refractivity (Wildman–Crippen MR) is 152 cm³/mol. The zero-order valence-corrected chi connectivity index (χ0v) is 23.6. The molecular weight excluding hydrogens is 609 g/mol. The highest BCUT2D eigenvalue weighted by Gasteiger charge is 2.22. The molecule has 0 radical (unpaired) electrons. The van der Waals surface area contributed by atoms with E-state index in [0.717, 1.165) is 19.7 Å². The number of hydrogen-bond donors (Lipinski definition) is 2. The molecule has 37 heavy (non-hydrogen) atoms. The van der Waals surface area contributed by atoms with Crippen LogP contribution in [0.25, 0.3) is 0 Å². The van der Waals surface area contributed by atoms with E-state index in [-0.39, 0.29) is 17.2 Å². The first-order chi connectivity index (χ1) is 17.6. The maximum atomic E-state index is 12.9. The fourth-order valence-corrected chi connectivity index (χ4v) is 4.79. The summed E-state index contributed by atoms with van der Waals surface area (Å²) in [4.78, 5) is 25.7. The van der Waals surface area contributed by atoms with Gasteiger partial charge < -0.3 is 20.1 Å². The molecule has 0 aliphatic heterocycles. The Balaban J connectivity index is 1.66. The van der Waals surface area contributed by atoms with Crippen LogP contribution in [0, 0.1) is 3.57 Å². The number of carbonyl (C=O) groups is 2. The predicted octanol–water partition coefficient (Wildman–Crippen LogP) is 3.69. The van der Waals surface area contributed by atoms with Crippen molar-refractivity contribution in [3.63, 3.8) is 0 Å². The van der Waals surface area contributed by atoms with E-state index in [0.29, 0.717) is 30.2 Å². The van der Waals surface area contributed by atoms with Crippen LogP contribution in [0.15, 0.2) is 66.7 Å². The molecule has 11 heteroatoms. The van der Waals surface area contributed by atoms with Crippen LogP contribution >= 0.6 is 22.6 Å². The molecule has 2 N–H and O–H groups in total. The minimum Gasteiger partial charge on any atom is -0.493 e. The summed E-state index contributed by atoms with van der Waals surface area (Å²) in [5.74, 6) is 0.285. The second-order valence-electron chi connectivity index (χ2n) is 8.04. The first kappa shape index (κ1) is 28.3. The lowest BCUT2D eigenvalue weighted by Crippen LogP contribution is -2.37. The Morgan fingerprint density at radius 3 is 2.27 bits per heavy atom. The lowest BCUT2D eigenvalue weighted by Gasteiger charge is -2.22. The molecule has 0 spiro atoms. The van der Waals surface area contributed by atoms with E-state index in [2.05, 4.69) is 33.2 Å². The van der Waals surface area contributed by atoms with Gasteiger partial charge in [-0.2, -0.15) is 0 Å². The maximum absolute atomic E-state index is 12.9. The number of anilines is 2. The minimum atomic E-state index is -3.72. The molecule has 0 fully saturated rings. The van der Waals surface area contributed by atoms with Crippen LogP contribution < -0.4 is 24.4 Å². The summed E-state index contributed by atoms with van der Waals surface area (Å²) in [7, 11) is -0.594. The lowest BCUT2D eigenvalue weighted by atomic mass is 10.1. The third-order valence-corrected chi connectivity index (χ3v) is 7.25. The first-order valence-electron chi connectivity index (χ1n) is 11.2. The van der Waals surface area contributed by atoms with Crippen molar-refractivity contribution in [2.45, 2.75) is 6.42 Å². The van der Waals surface area contributed by atoms with Crippen molar-refractivity contribution in [3.8, 4) is 11.5 Å². The van der Waals surface area contributed by atoms with E-state index in [9.17, 15) is 18.0 Å². The van der Waals surface area contributed by atoms with Crippen molar-refractivity contribution in [1.82, 2.24) is 5.32 Å². The number of hydrogen-bond acceptors (Lipinski definition) is 6. The highest BCUT2D eigenvalue weighted by molar-refractivity contribution is 14.1. The molecule has 3 aromatic rings. The molecule has 0 aliphatic rings. The average molecular weight is 637 g/mol. The first-order valence-corrected chi connectivity index (χ1v) is 14.2. The third kappa shape index (κ3) is 7.83. The minimum absolute atomic E-state index is 0.267. The monoisotopic (exact) mass is 637 g/mol. The number of halogens is 1. The van der Waals surface area contributed by atoms with E-state index in [1.807, 2.05) is 12.1 Å². The summed E-state index contributed by atoms with van der Waals surface area (Å²) < 4.78 is 37.2. The Kier molecular flexibility index (Phi) is 9.75. The zero-order chi connectivity index (χ0) is 27.0. The number of sulfonamides is 1. The molecule has 0 aliphatic carbocycles. The fraction of sp³-hybridized carbons (Fsp3) is 0.231. The van der Waals surface area contributed by atoms with Gasteiger partial charge in [0.1, 0.15) is 6.54 Å². The molecule has 0 bridgehead atoms. The quantitative estimate of drug-likeness (QED) is 0.310. The molecule has 0 atom stereocenters. The van der Waals surface area contributed by atoms with E-state index in [4.69, 9.17) is 9.47 Å². The van der Waals surface area contributed by atoms with Gasteiger partial charge in [0.15, 0.2) is 11.5 Å². The number of ether oxygens (including phenoxy) is 2. The Bertz CT molecular complexity index is 1360. The summed E-state index contributed by atoms with van der Waals surface area (Å²) in [5.41, 5.74) is 1.88. The molecule has 9 nitrogen and oxygen atoms in total. The number of rotatable bonds is 11. The smallest absolute Gasteiger partial charge is 0.253 e. The third-order valence-electron chi connectivity index (χ3n) is 5.40. The standard InChI is InChI=1S/C26H28IN3O6S/c1-35-23-13-8-18(16-24(23)36-2)14-15-28-26(32)21-6-4-5-7-22(21)29-25(31)17-30(37(3,33)34)20-11-9-19(27)10-12-20/h4-13,16H,14-15,17H2,1-3H3,(H,28,32)(H,29,31). The van der Waals surface area contributed by atoms with Crippen molar-refractivity contribution in [3.05, 3.63) is 81.4 Å². The van der Waals surface area contributed by atoms with Gasteiger partial charge in [0.25, 0.3) is 5.91 Å². The second kappa shape index (κ2) is 12.8. The van der Waals surface area contributed by atoms with Gasteiger partial charge >= 0.3 is 0 Å². The summed E-state index contributed by atoms with van der Waals surface area (Å²) in [6.07, 6.45) is 1.60. The molecule has 0 heterocycles. The normalized spacial score (nSPS) is 10.9. The largest absolute Gasteiger partial charge is 0.493 e. The fourth-order valence-electron chi connectivity index (χ4n) is 3.57. The van der Waals surface area contributed by atoms with Crippen LogP contribution in [-0.4, -0.2) is 53.8 Å². The molecular formula is C26H28IN3O6S. The van der Waals surface area contributed by atoms with Crippen molar-refractivity contribution in [1.29, 1.82) is 0 Å². The lowest BCUT2D eigenvalue weighted by molar-refractivity contribution is -0.114. The van der Waals surface area contributed by atoms with Gasteiger partial charge in [0.2, 0.25) is 15.9 Å². The summed E-state index contributed by atoms with van der Waals surface area (Å²) in [6, 6.07) is 18.9. The van der Waals surface area contributed by atoms with E-state index in [1.54, 1.807) is 68.8 Å². The summed E-state index contributed by atoms with van der Waals surface area (Å²) in [6.45, 7) is -0.0834. The number of benzene rings is 3. The molecule has 2 amide bonds. The van der Waals surface area contributed by atoms with E-state index in [1.165, 1.54) is 0 Å². The Morgan fingerprint density at radius 2 is 1.62 bits per heavy atom. The van der Waals surface area contributed by atoms with Gasteiger partial charge in [0.05, 0.1) is 37.4 Å². The van der Waals surface area contributed by atoms with E-state index >= 15 is 0 Å². The number of para-hydroxylation sites is 1. The highest BCUT2D eigenvalue weighted by Crippen LogP contribution is 2.27. The van der Waals surface area contributed by atoms with Crippen molar-refractivity contribution >= 4 is 55.8 Å². The molecule has 3 aromatic carbocycles. The van der Waals surface area contributed by atoms with Gasteiger partial charge in [0, 0.05) is 10.1 Å². The topological polar surface area (TPSA) is 114 Å². The molecule has 0 unspecified atom stereocenters. The van der Waals surface area contributed by atoms with Crippen LogP contribution in [0.1, 0.15) is 15.9 Å². The van der Waals surface area contributed by atoms with Gasteiger partial charge in [-0.05, 0) is 83.1 Å². The van der Waals surface area contributed by atoms with Crippen LogP contribution in [0.5, 0.6) is 11.5 Å². The highest BCUT2D eigenvalue weighted by atomic mass is 127. The van der Waals surface area contributed by atoms with Gasteiger partial charge in [-0.25, -0.2) is 8.42 Å². The Labute approximate surface area is 230 Å². The second-order valence-corrected chi connectivity index (χ2v) is 11.2. The Morgan fingerprint density at radius 1 is 0.946 bits per heavy atom. The van der Waals surface area contributed by atoms with Crippen LogP contribution in [-0.2, 0) is 21.2 Å². The van der Waals surface area contributed by atoms with Gasteiger partial charge in [-0.1, -0.05) is 18.2 Å². The van der Waals surface area contributed by atoms with E-state index < -0.39 is 22.5 Å². The van der Waals surface area contributed by atoms with Gasteiger partial charge in [-0.3, -0.25) is 13.9 Å². The number of amides is 2. The zero-order valence-electron chi connectivity index (χ0n) is 20.7. The Hall–Kier alpha value is -3.32. The van der Waals surface area contributed by atoms with Crippen molar-refractivity contribution in [2.24, 2.45) is 0 Å². The van der Waals surface area contributed by atoms with Crippen molar-refractivity contribution in [2.75, 3.05) is 43.2 Å². The summed E-state index contributed by atoms with van der Waals surface area (Å²) in [5, 5.41) is 5.53. The number of carbonyl (C=O) groups excluding carboxylic acids is 2. The molecule has 0 saturated carbocycles. The van der Waals surface area contributed by atoms with Crippen LogP contribution in [0.2, 0.25) is 0 Å². The van der Waals surface area contributed by atoms with Crippen molar-refractivity contribution < 1.29 is 27.5 Å². The maximum Gasteiger partial charge on any atom is 0.253 e. The SMILES string of the molecule is COc1ccc(CCNC(=O)c2ccccc2NC(=O)CN(c2ccc(I)cc2)S(C)(=O)=O)cc1OC. The molecule has 196 valence electrons. The van der Waals surface area contributed by atoms with Gasteiger partial charge in [-0.15, -0.1) is 0 Å². The average Bonchev–Trinajstić information content (AvgIpc) is 2.87. The molecule has 0 aromatic heterocycles. The number of nitrogens with one attached hydrogen (secondary N) is 2. The van der Waals surface area contributed by atoms with Crippen LogP contribution in [0.4, 0.5) is 11.4 Å². The number of methoxy groups -OCH3 is 2. The molecule has 0 saturated heterocycles. The summed E-state index contributed by atoms with van der Waals surface area (Å²) >= 11 is 2.11.